The Morgan fingerprint density at radius 1 is 1.00 bits per heavy atom. The van der Waals surface area contributed by atoms with E-state index in [1.165, 1.54) is 5.69 Å². The first-order valence-corrected chi connectivity index (χ1v) is 9.01. The van der Waals surface area contributed by atoms with Crippen molar-refractivity contribution >= 4 is 17.3 Å². The molecule has 1 aromatic heterocycles. The largest absolute Gasteiger partial charge is 0.369 e. The lowest BCUT2D eigenvalue weighted by atomic mass is 10.0. The van der Waals surface area contributed by atoms with E-state index in [1.807, 2.05) is 41.2 Å². The SMILES string of the molecule is CC(C)[C@H](C(=O)Nc1ccc(N2CCN(C)CC2)cc1)n1cccc1. The molecule has 0 aliphatic carbocycles. The zero-order valence-electron chi connectivity index (χ0n) is 15.4. The number of benzene rings is 1. The normalized spacial score (nSPS) is 16.9. The molecule has 134 valence electrons. The van der Waals surface area contributed by atoms with Crippen LogP contribution in [-0.2, 0) is 4.79 Å². The number of likely N-dealkylation sites (N-methyl/N-ethyl adjacent to an activating group) is 1. The van der Waals surface area contributed by atoms with E-state index in [9.17, 15) is 4.79 Å². The maximum absolute atomic E-state index is 12.7. The van der Waals surface area contributed by atoms with Crippen molar-refractivity contribution in [3.8, 4) is 0 Å². The van der Waals surface area contributed by atoms with Crippen LogP contribution >= 0.6 is 0 Å². The van der Waals surface area contributed by atoms with Gasteiger partial charge in [-0.05, 0) is 49.4 Å². The average Bonchev–Trinajstić information content (AvgIpc) is 3.10. The lowest BCUT2D eigenvalue weighted by Crippen LogP contribution is -2.44. The van der Waals surface area contributed by atoms with Crippen LogP contribution in [0.15, 0.2) is 48.8 Å². The monoisotopic (exact) mass is 340 g/mol. The summed E-state index contributed by atoms with van der Waals surface area (Å²) in [6.07, 6.45) is 3.89. The van der Waals surface area contributed by atoms with Gasteiger partial charge in [-0.2, -0.15) is 0 Å². The van der Waals surface area contributed by atoms with Crippen LogP contribution in [0.2, 0.25) is 0 Å². The summed E-state index contributed by atoms with van der Waals surface area (Å²) in [7, 11) is 2.16. The molecule has 0 spiro atoms. The lowest BCUT2D eigenvalue weighted by molar-refractivity contribution is -0.120. The zero-order chi connectivity index (χ0) is 17.8. The number of piperazine rings is 1. The molecule has 0 bridgehead atoms. The minimum atomic E-state index is -0.202. The molecule has 1 N–H and O–H groups in total. The first-order chi connectivity index (χ1) is 12.0. The van der Waals surface area contributed by atoms with Crippen molar-refractivity contribution in [1.29, 1.82) is 0 Å². The van der Waals surface area contributed by atoms with E-state index in [0.717, 1.165) is 31.9 Å². The van der Waals surface area contributed by atoms with Gasteiger partial charge < -0.3 is 19.7 Å². The van der Waals surface area contributed by atoms with Crippen molar-refractivity contribution in [3.05, 3.63) is 48.8 Å². The average molecular weight is 340 g/mol. The molecule has 1 saturated heterocycles. The number of hydrogen-bond donors (Lipinski definition) is 1. The Morgan fingerprint density at radius 2 is 1.60 bits per heavy atom. The molecule has 1 aliphatic heterocycles. The van der Waals surface area contributed by atoms with Crippen LogP contribution in [0.3, 0.4) is 0 Å². The van der Waals surface area contributed by atoms with Gasteiger partial charge >= 0.3 is 0 Å². The number of amides is 1. The van der Waals surface area contributed by atoms with E-state index in [0.29, 0.717) is 0 Å². The molecule has 5 nitrogen and oxygen atoms in total. The van der Waals surface area contributed by atoms with Gasteiger partial charge in [-0.1, -0.05) is 13.8 Å². The third-order valence-corrected chi connectivity index (χ3v) is 4.85. The molecule has 3 rings (SSSR count). The molecule has 0 radical (unpaired) electrons. The van der Waals surface area contributed by atoms with Crippen molar-refractivity contribution in [2.24, 2.45) is 5.92 Å². The highest BCUT2D eigenvalue weighted by molar-refractivity contribution is 5.94. The van der Waals surface area contributed by atoms with Gasteiger partial charge in [0.15, 0.2) is 0 Å². The minimum Gasteiger partial charge on any atom is -0.369 e. The number of nitrogens with one attached hydrogen (secondary N) is 1. The molecule has 2 aromatic rings. The molecule has 5 heteroatoms. The van der Waals surface area contributed by atoms with E-state index < -0.39 is 0 Å². The summed E-state index contributed by atoms with van der Waals surface area (Å²) in [6, 6.07) is 11.9. The van der Waals surface area contributed by atoms with Gasteiger partial charge in [-0.3, -0.25) is 4.79 Å². The Labute approximate surface area is 150 Å². The number of nitrogens with zero attached hydrogens (tertiary/aromatic N) is 3. The molecule has 0 unspecified atom stereocenters. The van der Waals surface area contributed by atoms with Crippen LogP contribution in [0.5, 0.6) is 0 Å². The zero-order valence-corrected chi connectivity index (χ0v) is 15.4. The summed E-state index contributed by atoms with van der Waals surface area (Å²) in [6.45, 7) is 8.41. The highest BCUT2D eigenvalue weighted by Gasteiger charge is 2.23. The van der Waals surface area contributed by atoms with Gasteiger partial charge in [-0.15, -0.1) is 0 Å². The first kappa shape index (κ1) is 17.5. The Morgan fingerprint density at radius 3 is 2.16 bits per heavy atom. The Balaban J connectivity index is 1.65. The first-order valence-electron chi connectivity index (χ1n) is 9.01. The number of rotatable bonds is 5. The van der Waals surface area contributed by atoms with Gasteiger partial charge in [0.1, 0.15) is 6.04 Å². The predicted octanol–water partition coefficient (Wildman–Crippen LogP) is 3.08. The van der Waals surface area contributed by atoms with Crippen LogP contribution < -0.4 is 10.2 Å². The van der Waals surface area contributed by atoms with Crippen LogP contribution in [-0.4, -0.2) is 48.6 Å². The molecule has 1 atom stereocenters. The number of carbonyl (C=O) groups is 1. The number of anilines is 2. The summed E-state index contributed by atoms with van der Waals surface area (Å²) in [5, 5.41) is 3.06. The fourth-order valence-electron chi connectivity index (χ4n) is 3.35. The second-order valence-corrected chi connectivity index (χ2v) is 7.15. The van der Waals surface area contributed by atoms with Gasteiger partial charge in [0.05, 0.1) is 0 Å². The molecule has 0 saturated carbocycles. The maximum Gasteiger partial charge on any atom is 0.247 e. The minimum absolute atomic E-state index is 0.0264. The summed E-state index contributed by atoms with van der Waals surface area (Å²) in [4.78, 5) is 17.5. The molecule has 1 fully saturated rings. The van der Waals surface area contributed by atoms with Crippen molar-refractivity contribution < 1.29 is 4.79 Å². The van der Waals surface area contributed by atoms with Crippen molar-refractivity contribution in [2.45, 2.75) is 19.9 Å². The fraction of sp³-hybridized carbons (Fsp3) is 0.450. The van der Waals surface area contributed by atoms with Crippen LogP contribution in [0.4, 0.5) is 11.4 Å². The third-order valence-electron chi connectivity index (χ3n) is 4.85. The summed E-state index contributed by atoms with van der Waals surface area (Å²) >= 11 is 0. The van der Waals surface area contributed by atoms with Crippen LogP contribution in [0, 0.1) is 5.92 Å². The quantitative estimate of drug-likeness (QED) is 0.909. The number of aromatic nitrogens is 1. The molecular weight excluding hydrogens is 312 g/mol. The predicted molar refractivity (Wildman–Crippen MR) is 103 cm³/mol. The Hall–Kier alpha value is -2.27. The number of carbonyl (C=O) groups excluding carboxylic acids is 1. The van der Waals surface area contributed by atoms with Crippen molar-refractivity contribution in [3.63, 3.8) is 0 Å². The van der Waals surface area contributed by atoms with Crippen molar-refractivity contribution in [1.82, 2.24) is 9.47 Å². The highest BCUT2D eigenvalue weighted by atomic mass is 16.2. The van der Waals surface area contributed by atoms with E-state index in [2.05, 4.69) is 48.1 Å². The molecule has 2 heterocycles. The van der Waals surface area contributed by atoms with Gasteiger partial charge in [0.25, 0.3) is 0 Å². The van der Waals surface area contributed by atoms with Crippen LogP contribution in [0.1, 0.15) is 19.9 Å². The second kappa shape index (κ2) is 7.74. The van der Waals surface area contributed by atoms with Crippen molar-refractivity contribution in [2.75, 3.05) is 43.4 Å². The van der Waals surface area contributed by atoms with E-state index in [4.69, 9.17) is 0 Å². The van der Waals surface area contributed by atoms with Gasteiger partial charge in [0, 0.05) is 49.9 Å². The fourth-order valence-corrected chi connectivity index (χ4v) is 3.35. The topological polar surface area (TPSA) is 40.5 Å². The van der Waals surface area contributed by atoms with E-state index in [1.54, 1.807) is 0 Å². The molecule has 1 amide bonds. The summed E-state index contributed by atoms with van der Waals surface area (Å²) in [5.74, 6) is 0.246. The highest BCUT2D eigenvalue weighted by Crippen LogP contribution is 2.23. The smallest absolute Gasteiger partial charge is 0.247 e. The molecular formula is C20H28N4O. The summed E-state index contributed by atoms with van der Waals surface area (Å²) < 4.78 is 1.97. The third kappa shape index (κ3) is 4.23. The van der Waals surface area contributed by atoms with Crippen LogP contribution in [0.25, 0.3) is 0 Å². The van der Waals surface area contributed by atoms with E-state index in [-0.39, 0.29) is 17.9 Å². The molecule has 1 aliphatic rings. The maximum atomic E-state index is 12.7. The Bertz CT molecular complexity index is 670. The van der Waals surface area contributed by atoms with E-state index >= 15 is 0 Å². The second-order valence-electron chi connectivity index (χ2n) is 7.15. The molecule has 1 aromatic carbocycles. The molecule has 25 heavy (non-hydrogen) atoms. The van der Waals surface area contributed by atoms with Gasteiger partial charge in [-0.25, -0.2) is 0 Å². The lowest BCUT2D eigenvalue weighted by Gasteiger charge is -2.34. The standard InChI is InChI=1S/C20H28N4O/c1-16(2)19(24-10-4-5-11-24)20(25)21-17-6-8-18(9-7-17)23-14-12-22(3)13-15-23/h4-11,16,19H,12-15H2,1-3H3,(H,21,25)/t19-/m1/s1. The van der Waals surface area contributed by atoms with Gasteiger partial charge in [0.2, 0.25) is 5.91 Å². The number of hydrogen-bond acceptors (Lipinski definition) is 3. The Kier molecular flexibility index (Phi) is 5.43. The summed E-state index contributed by atoms with van der Waals surface area (Å²) in [5.41, 5.74) is 2.07.